The fraction of sp³-hybridized carbons (Fsp3) is 0.667. The van der Waals surface area contributed by atoms with Gasteiger partial charge in [0.2, 0.25) is 5.88 Å². The molecule has 3 rings (SSSR count). The first-order valence-corrected chi connectivity index (χ1v) is 8.55. The summed E-state index contributed by atoms with van der Waals surface area (Å²) in [6, 6.07) is 4.11. The number of pyridine rings is 1. The van der Waals surface area contributed by atoms with Gasteiger partial charge in [0, 0.05) is 18.8 Å². The van der Waals surface area contributed by atoms with Gasteiger partial charge in [0.1, 0.15) is 5.56 Å². The number of amides is 1. The van der Waals surface area contributed by atoms with Crippen LogP contribution >= 0.6 is 0 Å². The number of likely N-dealkylation sites (tertiary alicyclic amines) is 1. The van der Waals surface area contributed by atoms with Crippen molar-refractivity contribution in [1.29, 1.82) is 0 Å². The van der Waals surface area contributed by atoms with Crippen LogP contribution in [0.1, 0.15) is 56.3 Å². The number of carbonyl (C=O) groups excluding carboxylic acids is 1. The lowest BCUT2D eigenvalue weighted by Crippen LogP contribution is -2.46. The minimum atomic E-state index is 0.100. The number of ether oxygens (including phenoxy) is 1. The highest BCUT2D eigenvalue weighted by atomic mass is 16.5. The Morgan fingerprint density at radius 3 is 3.00 bits per heavy atom. The van der Waals surface area contributed by atoms with Crippen molar-refractivity contribution < 1.29 is 9.53 Å². The van der Waals surface area contributed by atoms with Crippen LogP contribution in [0.4, 0.5) is 0 Å². The van der Waals surface area contributed by atoms with Crippen molar-refractivity contribution in [3.05, 3.63) is 23.9 Å². The zero-order chi connectivity index (χ0) is 15.5. The minimum Gasteiger partial charge on any atom is -0.477 e. The minimum absolute atomic E-state index is 0.100. The van der Waals surface area contributed by atoms with E-state index in [0.29, 0.717) is 35.9 Å². The molecule has 4 nitrogen and oxygen atoms in total. The zero-order valence-electron chi connectivity index (χ0n) is 13.6. The average molecular weight is 302 g/mol. The monoisotopic (exact) mass is 302 g/mol. The molecule has 1 aromatic rings. The molecular formula is C18H26N2O2. The van der Waals surface area contributed by atoms with Crippen LogP contribution in [0.2, 0.25) is 0 Å². The molecule has 2 atom stereocenters. The third-order valence-electron chi connectivity index (χ3n) is 4.81. The Balaban J connectivity index is 1.79. The molecule has 2 heterocycles. The second-order valence-electron chi connectivity index (χ2n) is 6.96. The summed E-state index contributed by atoms with van der Waals surface area (Å²) in [6.07, 6.45) is 7.77. The van der Waals surface area contributed by atoms with Gasteiger partial charge < -0.3 is 9.64 Å². The number of nitrogens with zero attached hydrogens (tertiary/aromatic N) is 2. The van der Waals surface area contributed by atoms with E-state index in [1.807, 2.05) is 12.1 Å². The van der Waals surface area contributed by atoms with Gasteiger partial charge in [-0.15, -0.1) is 0 Å². The highest BCUT2D eigenvalue weighted by Crippen LogP contribution is 2.37. The molecule has 1 amide bonds. The molecule has 0 bridgehead atoms. The molecule has 0 unspecified atom stereocenters. The van der Waals surface area contributed by atoms with Gasteiger partial charge in [0.05, 0.1) is 6.61 Å². The molecule has 22 heavy (non-hydrogen) atoms. The van der Waals surface area contributed by atoms with Crippen LogP contribution in [0.5, 0.6) is 5.88 Å². The van der Waals surface area contributed by atoms with Crippen LogP contribution in [0.25, 0.3) is 0 Å². The van der Waals surface area contributed by atoms with Gasteiger partial charge in [-0.05, 0) is 49.7 Å². The largest absolute Gasteiger partial charge is 0.477 e. The number of rotatable bonds is 4. The molecule has 2 fully saturated rings. The molecule has 4 heteroatoms. The van der Waals surface area contributed by atoms with Gasteiger partial charge in [0.15, 0.2) is 0 Å². The van der Waals surface area contributed by atoms with E-state index in [2.05, 4.69) is 23.7 Å². The van der Waals surface area contributed by atoms with Crippen molar-refractivity contribution in [3.63, 3.8) is 0 Å². The highest BCUT2D eigenvalue weighted by molar-refractivity contribution is 5.96. The third kappa shape index (κ3) is 3.11. The molecule has 1 saturated carbocycles. The molecule has 1 aliphatic carbocycles. The normalized spacial score (nSPS) is 24.4. The second-order valence-corrected chi connectivity index (χ2v) is 6.96. The van der Waals surface area contributed by atoms with Crippen molar-refractivity contribution in [3.8, 4) is 5.88 Å². The quantitative estimate of drug-likeness (QED) is 0.854. The number of hydrogen-bond acceptors (Lipinski definition) is 3. The van der Waals surface area contributed by atoms with Gasteiger partial charge >= 0.3 is 0 Å². The average Bonchev–Trinajstić information content (AvgIpc) is 3.01. The van der Waals surface area contributed by atoms with E-state index in [-0.39, 0.29) is 5.91 Å². The fourth-order valence-corrected chi connectivity index (χ4v) is 3.78. The van der Waals surface area contributed by atoms with Crippen LogP contribution in [-0.4, -0.2) is 35.0 Å². The Morgan fingerprint density at radius 2 is 2.18 bits per heavy atom. The first-order chi connectivity index (χ1) is 10.7. The van der Waals surface area contributed by atoms with Crippen LogP contribution in [-0.2, 0) is 0 Å². The number of carbonyl (C=O) groups is 1. The molecule has 0 aromatic carbocycles. The van der Waals surface area contributed by atoms with Crippen molar-refractivity contribution in [1.82, 2.24) is 9.88 Å². The molecule has 1 aromatic heterocycles. The van der Waals surface area contributed by atoms with Gasteiger partial charge in [-0.25, -0.2) is 4.98 Å². The Labute approximate surface area is 132 Å². The maximum absolute atomic E-state index is 13.0. The summed E-state index contributed by atoms with van der Waals surface area (Å²) >= 11 is 0. The van der Waals surface area contributed by atoms with E-state index in [1.165, 1.54) is 19.3 Å². The van der Waals surface area contributed by atoms with Crippen LogP contribution in [0, 0.1) is 11.8 Å². The lowest BCUT2D eigenvalue weighted by molar-refractivity contribution is 0.0542. The lowest BCUT2D eigenvalue weighted by atomic mass is 9.91. The second kappa shape index (κ2) is 6.67. The van der Waals surface area contributed by atoms with Gasteiger partial charge in [-0.1, -0.05) is 20.3 Å². The Kier molecular flexibility index (Phi) is 4.65. The van der Waals surface area contributed by atoms with E-state index in [9.17, 15) is 4.79 Å². The van der Waals surface area contributed by atoms with E-state index in [0.717, 1.165) is 19.4 Å². The number of fused-ring (bicyclic) bond motifs is 1. The molecule has 1 saturated heterocycles. The lowest BCUT2D eigenvalue weighted by Gasteiger charge is -2.38. The summed E-state index contributed by atoms with van der Waals surface area (Å²) in [5.41, 5.74) is 0.621. The summed E-state index contributed by atoms with van der Waals surface area (Å²) in [4.78, 5) is 19.4. The summed E-state index contributed by atoms with van der Waals surface area (Å²) < 4.78 is 5.76. The summed E-state index contributed by atoms with van der Waals surface area (Å²) in [7, 11) is 0. The molecule has 120 valence electrons. The van der Waals surface area contributed by atoms with Crippen molar-refractivity contribution in [2.45, 2.75) is 52.0 Å². The molecule has 0 spiro atoms. The van der Waals surface area contributed by atoms with E-state index in [4.69, 9.17) is 4.74 Å². The number of piperidine rings is 1. The SMILES string of the molecule is CC(C)COc1ncccc1C(=O)N1CCC[C@H]2CCC[C@@H]21. The van der Waals surface area contributed by atoms with Crippen molar-refractivity contribution in [2.24, 2.45) is 11.8 Å². The van der Waals surface area contributed by atoms with Gasteiger partial charge in [-0.2, -0.15) is 0 Å². The Morgan fingerprint density at radius 1 is 1.36 bits per heavy atom. The van der Waals surface area contributed by atoms with Crippen LogP contribution < -0.4 is 4.74 Å². The van der Waals surface area contributed by atoms with Gasteiger partial charge in [0.25, 0.3) is 5.91 Å². The summed E-state index contributed by atoms with van der Waals surface area (Å²) in [5.74, 6) is 1.71. The molecule has 0 N–H and O–H groups in total. The van der Waals surface area contributed by atoms with Crippen molar-refractivity contribution >= 4 is 5.91 Å². The number of aromatic nitrogens is 1. The van der Waals surface area contributed by atoms with E-state index in [1.54, 1.807) is 6.20 Å². The maximum atomic E-state index is 13.0. The smallest absolute Gasteiger partial charge is 0.259 e. The summed E-state index contributed by atoms with van der Waals surface area (Å²) in [6.45, 7) is 5.65. The molecule has 1 aliphatic heterocycles. The van der Waals surface area contributed by atoms with Crippen molar-refractivity contribution in [2.75, 3.05) is 13.2 Å². The van der Waals surface area contributed by atoms with Crippen LogP contribution in [0.3, 0.4) is 0 Å². The topological polar surface area (TPSA) is 42.4 Å². The Hall–Kier alpha value is -1.58. The predicted molar refractivity (Wildman–Crippen MR) is 86.0 cm³/mol. The first kappa shape index (κ1) is 15.3. The third-order valence-corrected chi connectivity index (χ3v) is 4.81. The van der Waals surface area contributed by atoms with Crippen LogP contribution in [0.15, 0.2) is 18.3 Å². The standard InChI is InChI=1S/C18H26N2O2/c1-13(2)12-22-17-15(8-4-10-19-17)18(21)20-11-5-7-14-6-3-9-16(14)20/h4,8,10,13-14,16H,3,5-7,9,11-12H2,1-2H3/t14-,16+/m1/s1. The summed E-state index contributed by atoms with van der Waals surface area (Å²) in [5, 5.41) is 0. The van der Waals surface area contributed by atoms with E-state index < -0.39 is 0 Å². The molecule has 2 aliphatic rings. The maximum Gasteiger partial charge on any atom is 0.259 e. The molecular weight excluding hydrogens is 276 g/mol. The predicted octanol–water partition coefficient (Wildman–Crippen LogP) is 3.52. The first-order valence-electron chi connectivity index (χ1n) is 8.55. The number of hydrogen-bond donors (Lipinski definition) is 0. The van der Waals surface area contributed by atoms with E-state index >= 15 is 0 Å². The zero-order valence-corrected chi connectivity index (χ0v) is 13.6. The fourth-order valence-electron chi connectivity index (χ4n) is 3.78. The van der Waals surface area contributed by atoms with Gasteiger partial charge in [-0.3, -0.25) is 4.79 Å². The highest BCUT2D eigenvalue weighted by Gasteiger charge is 2.38. The molecule has 0 radical (unpaired) electrons. The Bertz CT molecular complexity index is 530.